The van der Waals surface area contributed by atoms with Gasteiger partial charge in [-0.25, -0.2) is 12.7 Å². The lowest BCUT2D eigenvalue weighted by molar-refractivity contribution is -0.126. The minimum Gasteiger partial charge on any atom is -0.466 e. The van der Waals surface area contributed by atoms with Crippen LogP contribution >= 0.6 is 0 Å². The van der Waals surface area contributed by atoms with Gasteiger partial charge in [0.15, 0.2) is 0 Å². The van der Waals surface area contributed by atoms with Crippen LogP contribution in [0.15, 0.2) is 10.5 Å². The Labute approximate surface area is 135 Å². The molecule has 1 atom stereocenters. The Morgan fingerprint density at radius 1 is 1.30 bits per heavy atom. The molecular formula is C14H21N3O5S. The van der Waals surface area contributed by atoms with Crippen LogP contribution < -0.4 is 10.9 Å². The molecule has 1 unspecified atom stereocenters. The topological polar surface area (TPSA) is 109 Å². The lowest BCUT2D eigenvalue weighted by Gasteiger charge is -2.30. The first-order chi connectivity index (χ1) is 10.7. The molecule has 128 valence electrons. The molecule has 2 rings (SSSR count). The fraction of sp³-hybridized carbons (Fsp3) is 0.571. The molecule has 1 aliphatic rings. The zero-order valence-electron chi connectivity index (χ0n) is 13.4. The van der Waals surface area contributed by atoms with Crippen LogP contribution in [0.2, 0.25) is 0 Å². The largest absolute Gasteiger partial charge is 0.466 e. The van der Waals surface area contributed by atoms with Crippen molar-refractivity contribution in [3.05, 3.63) is 23.2 Å². The van der Waals surface area contributed by atoms with Crippen molar-refractivity contribution < 1.29 is 22.4 Å². The van der Waals surface area contributed by atoms with Gasteiger partial charge < -0.3 is 4.42 Å². The summed E-state index contributed by atoms with van der Waals surface area (Å²) < 4.78 is 29.7. The summed E-state index contributed by atoms with van der Waals surface area (Å²) in [5.41, 5.74) is 5.05. The molecule has 1 aliphatic heterocycles. The van der Waals surface area contributed by atoms with Crippen LogP contribution in [-0.4, -0.2) is 43.9 Å². The number of carbonyl (C=O) groups excluding carboxylic acids is 2. The number of furan rings is 1. The van der Waals surface area contributed by atoms with Gasteiger partial charge in [-0.15, -0.1) is 0 Å². The average Bonchev–Trinajstić information content (AvgIpc) is 2.82. The Morgan fingerprint density at radius 3 is 2.57 bits per heavy atom. The first-order valence-electron chi connectivity index (χ1n) is 7.31. The third-order valence-corrected chi connectivity index (χ3v) is 5.08. The smallest absolute Gasteiger partial charge is 0.273 e. The van der Waals surface area contributed by atoms with E-state index in [4.69, 9.17) is 4.42 Å². The number of hydrogen-bond acceptors (Lipinski definition) is 5. The molecule has 0 bridgehead atoms. The number of amides is 2. The van der Waals surface area contributed by atoms with E-state index >= 15 is 0 Å². The molecule has 1 fully saturated rings. The monoisotopic (exact) mass is 343 g/mol. The van der Waals surface area contributed by atoms with Crippen molar-refractivity contribution >= 4 is 21.8 Å². The van der Waals surface area contributed by atoms with Crippen LogP contribution in [0.5, 0.6) is 0 Å². The molecule has 0 aliphatic carbocycles. The van der Waals surface area contributed by atoms with Gasteiger partial charge in [0.2, 0.25) is 15.9 Å². The Morgan fingerprint density at radius 2 is 2.00 bits per heavy atom. The third kappa shape index (κ3) is 4.32. The molecule has 0 radical (unpaired) electrons. The highest BCUT2D eigenvalue weighted by Crippen LogP contribution is 2.18. The Kier molecular flexibility index (Phi) is 5.10. The van der Waals surface area contributed by atoms with E-state index in [0.717, 1.165) is 6.26 Å². The van der Waals surface area contributed by atoms with Gasteiger partial charge in [0.05, 0.1) is 17.7 Å². The van der Waals surface area contributed by atoms with Crippen LogP contribution in [0.3, 0.4) is 0 Å². The molecule has 23 heavy (non-hydrogen) atoms. The third-order valence-electron chi connectivity index (χ3n) is 3.81. The maximum atomic E-state index is 12.1. The van der Waals surface area contributed by atoms with Gasteiger partial charge in [-0.2, -0.15) is 0 Å². The molecule has 2 heterocycles. The number of rotatable bonds is 3. The van der Waals surface area contributed by atoms with Gasteiger partial charge in [0.25, 0.3) is 5.91 Å². The Bertz CT molecular complexity index is 710. The van der Waals surface area contributed by atoms with E-state index < -0.39 is 27.8 Å². The normalized spacial score (nSPS) is 19.3. The molecular weight excluding hydrogens is 322 g/mol. The SMILES string of the molecule is Cc1cc(C(=O)NNC(=O)C2CCCN(S(C)(=O)=O)C2)c(C)o1. The highest BCUT2D eigenvalue weighted by molar-refractivity contribution is 7.88. The summed E-state index contributed by atoms with van der Waals surface area (Å²) >= 11 is 0. The molecule has 0 aromatic carbocycles. The fourth-order valence-corrected chi connectivity index (χ4v) is 3.51. The van der Waals surface area contributed by atoms with Crippen molar-refractivity contribution in [3.63, 3.8) is 0 Å². The van der Waals surface area contributed by atoms with E-state index in [9.17, 15) is 18.0 Å². The van der Waals surface area contributed by atoms with Crippen LogP contribution in [-0.2, 0) is 14.8 Å². The van der Waals surface area contributed by atoms with Crippen LogP contribution in [0.4, 0.5) is 0 Å². The van der Waals surface area contributed by atoms with Crippen molar-refractivity contribution in [3.8, 4) is 0 Å². The van der Waals surface area contributed by atoms with Gasteiger partial charge in [0.1, 0.15) is 11.5 Å². The van der Waals surface area contributed by atoms with Crippen molar-refractivity contribution in [1.82, 2.24) is 15.2 Å². The van der Waals surface area contributed by atoms with Crippen LogP contribution in [0.1, 0.15) is 34.7 Å². The van der Waals surface area contributed by atoms with Crippen molar-refractivity contribution in [2.24, 2.45) is 5.92 Å². The van der Waals surface area contributed by atoms with Crippen LogP contribution in [0, 0.1) is 19.8 Å². The summed E-state index contributed by atoms with van der Waals surface area (Å²) in [5.74, 6) is -0.274. The van der Waals surface area contributed by atoms with E-state index in [2.05, 4.69) is 10.9 Å². The first kappa shape index (κ1) is 17.5. The van der Waals surface area contributed by atoms with Gasteiger partial charge in [-0.1, -0.05) is 0 Å². The molecule has 1 saturated heterocycles. The highest BCUT2D eigenvalue weighted by atomic mass is 32.2. The summed E-state index contributed by atoms with van der Waals surface area (Å²) in [6.45, 7) is 3.94. The molecule has 0 spiro atoms. The van der Waals surface area contributed by atoms with E-state index in [0.29, 0.717) is 36.5 Å². The number of carbonyl (C=O) groups is 2. The lowest BCUT2D eigenvalue weighted by atomic mass is 9.99. The lowest BCUT2D eigenvalue weighted by Crippen LogP contribution is -2.49. The molecule has 1 aromatic rings. The van der Waals surface area contributed by atoms with E-state index in [1.165, 1.54) is 4.31 Å². The minimum atomic E-state index is -3.32. The number of piperidine rings is 1. The van der Waals surface area contributed by atoms with Crippen molar-refractivity contribution in [2.45, 2.75) is 26.7 Å². The number of aryl methyl sites for hydroxylation is 2. The Balaban J connectivity index is 1.92. The maximum absolute atomic E-state index is 12.1. The number of hydrogen-bond donors (Lipinski definition) is 2. The molecule has 1 aromatic heterocycles. The van der Waals surface area contributed by atoms with Gasteiger partial charge in [0, 0.05) is 13.1 Å². The zero-order valence-corrected chi connectivity index (χ0v) is 14.2. The molecule has 8 nitrogen and oxygen atoms in total. The van der Waals surface area contributed by atoms with Crippen molar-refractivity contribution in [2.75, 3.05) is 19.3 Å². The predicted octanol–water partition coefficient (Wildman–Crippen LogP) is 0.329. The number of nitrogens with zero attached hydrogens (tertiary/aromatic N) is 1. The molecule has 2 N–H and O–H groups in total. The van der Waals surface area contributed by atoms with Gasteiger partial charge in [-0.05, 0) is 32.8 Å². The first-order valence-corrected chi connectivity index (χ1v) is 9.15. The van der Waals surface area contributed by atoms with Gasteiger partial charge in [-0.3, -0.25) is 20.4 Å². The minimum absolute atomic E-state index is 0.129. The molecule has 9 heteroatoms. The summed E-state index contributed by atoms with van der Waals surface area (Å²) in [6.07, 6.45) is 2.32. The number of nitrogens with one attached hydrogen (secondary N) is 2. The standard InChI is InChI=1S/C14H21N3O5S/c1-9-7-12(10(2)22-9)14(19)16-15-13(18)11-5-4-6-17(8-11)23(3,20)21/h7,11H,4-6,8H2,1-3H3,(H,15,18)(H,16,19). The summed E-state index contributed by atoms with van der Waals surface area (Å²) in [5, 5.41) is 0. The highest BCUT2D eigenvalue weighted by Gasteiger charge is 2.30. The summed E-state index contributed by atoms with van der Waals surface area (Å²) in [4.78, 5) is 24.1. The number of sulfonamides is 1. The van der Waals surface area contributed by atoms with Crippen molar-refractivity contribution in [1.29, 1.82) is 0 Å². The summed E-state index contributed by atoms with van der Waals surface area (Å²) in [7, 11) is -3.32. The second-order valence-electron chi connectivity index (χ2n) is 5.73. The van der Waals surface area contributed by atoms with Crippen LogP contribution in [0.25, 0.3) is 0 Å². The summed E-state index contributed by atoms with van der Waals surface area (Å²) in [6, 6.07) is 1.59. The molecule has 2 amide bonds. The zero-order chi connectivity index (χ0) is 17.2. The maximum Gasteiger partial charge on any atom is 0.273 e. The second-order valence-corrected chi connectivity index (χ2v) is 7.71. The Hall–Kier alpha value is -1.87. The fourth-order valence-electron chi connectivity index (χ4n) is 2.60. The second kappa shape index (κ2) is 6.71. The van der Waals surface area contributed by atoms with E-state index in [-0.39, 0.29) is 6.54 Å². The quantitative estimate of drug-likeness (QED) is 0.769. The molecule has 0 saturated carbocycles. The number of hydrazine groups is 1. The van der Waals surface area contributed by atoms with Gasteiger partial charge >= 0.3 is 0 Å². The average molecular weight is 343 g/mol. The van der Waals surface area contributed by atoms with E-state index in [1.54, 1.807) is 19.9 Å². The predicted molar refractivity (Wildman–Crippen MR) is 82.9 cm³/mol. The van der Waals surface area contributed by atoms with E-state index in [1.807, 2.05) is 0 Å².